The molecule has 184 valence electrons. The van der Waals surface area contributed by atoms with Crippen molar-refractivity contribution in [3.8, 4) is 23.0 Å². The van der Waals surface area contributed by atoms with Crippen LogP contribution in [0.4, 0.5) is 4.39 Å². The van der Waals surface area contributed by atoms with Gasteiger partial charge >= 0.3 is 0 Å². The number of rotatable bonds is 12. The highest BCUT2D eigenvalue weighted by molar-refractivity contribution is 9.10. The minimum atomic E-state index is -0.266. The number of ether oxygens (including phenoxy) is 4. The van der Waals surface area contributed by atoms with Crippen LogP contribution in [0, 0.1) is 5.82 Å². The van der Waals surface area contributed by atoms with E-state index in [2.05, 4.69) is 21.2 Å². The average molecular weight is 555 g/mol. The quantitative estimate of drug-likeness (QED) is 0.265. The summed E-state index contributed by atoms with van der Waals surface area (Å²) >= 11 is 3.61. The molecule has 3 rings (SSSR count). The number of nitrogens with one attached hydrogen (secondary N) is 1. The Bertz CT molecular complexity index is 1050. The zero-order valence-electron chi connectivity index (χ0n) is 19.5. The molecule has 0 heterocycles. The van der Waals surface area contributed by atoms with E-state index < -0.39 is 0 Å². The van der Waals surface area contributed by atoms with Crippen LogP contribution in [0.2, 0.25) is 0 Å². The van der Waals surface area contributed by atoms with E-state index in [-0.39, 0.29) is 18.2 Å². The Kier molecular flexibility index (Phi) is 11.5. The maximum absolute atomic E-state index is 13.1. The molecule has 0 saturated heterocycles. The van der Waals surface area contributed by atoms with E-state index in [1.165, 1.54) is 17.7 Å². The fourth-order valence-electron chi connectivity index (χ4n) is 3.36. The number of benzene rings is 3. The third kappa shape index (κ3) is 7.79. The molecule has 0 bridgehead atoms. The summed E-state index contributed by atoms with van der Waals surface area (Å²) in [5, 5.41) is 3.47. The zero-order valence-corrected chi connectivity index (χ0v) is 21.9. The largest absolute Gasteiger partial charge is 0.493 e. The van der Waals surface area contributed by atoms with E-state index in [9.17, 15) is 4.39 Å². The Balaban J connectivity index is 0.00000408. The SMILES string of the molecule is CCOc1cc(CNCCc2ccc(OC)c(OC)c2)cc(Br)c1OCc1ccc(F)cc1.Cl. The van der Waals surface area contributed by atoms with Crippen molar-refractivity contribution in [2.75, 3.05) is 27.4 Å². The maximum Gasteiger partial charge on any atom is 0.175 e. The molecule has 8 heteroatoms. The molecule has 3 aromatic rings. The van der Waals surface area contributed by atoms with Crippen molar-refractivity contribution >= 4 is 28.3 Å². The van der Waals surface area contributed by atoms with E-state index in [0.717, 1.165) is 40.1 Å². The van der Waals surface area contributed by atoms with Crippen molar-refractivity contribution in [3.05, 3.63) is 81.6 Å². The normalized spacial score (nSPS) is 10.4. The van der Waals surface area contributed by atoms with Crippen molar-refractivity contribution < 1.29 is 23.3 Å². The zero-order chi connectivity index (χ0) is 23.6. The fraction of sp³-hybridized carbons (Fsp3) is 0.308. The summed E-state index contributed by atoms with van der Waals surface area (Å²) in [5.74, 6) is 2.50. The molecule has 34 heavy (non-hydrogen) atoms. The number of hydrogen-bond donors (Lipinski definition) is 1. The van der Waals surface area contributed by atoms with Crippen molar-refractivity contribution in [1.29, 1.82) is 0 Å². The Hall–Kier alpha value is -2.48. The second-order valence-corrected chi connectivity index (χ2v) is 8.22. The van der Waals surface area contributed by atoms with Gasteiger partial charge in [0.25, 0.3) is 0 Å². The van der Waals surface area contributed by atoms with Crippen LogP contribution < -0.4 is 24.3 Å². The van der Waals surface area contributed by atoms with E-state index in [1.54, 1.807) is 26.4 Å². The van der Waals surface area contributed by atoms with Gasteiger partial charge in [0.05, 0.1) is 25.3 Å². The van der Waals surface area contributed by atoms with Gasteiger partial charge in [-0.25, -0.2) is 4.39 Å². The molecule has 0 aliphatic heterocycles. The molecule has 3 aromatic carbocycles. The molecule has 0 fully saturated rings. The highest BCUT2D eigenvalue weighted by atomic mass is 79.9. The van der Waals surface area contributed by atoms with Crippen LogP contribution in [0.25, 0.3) is 0 Å². The molecular formula is C26H30BrClFNO4. The molecular weight excluding hydrogens is 525 g/mol. The monoisotopic (exact) mass is 553 g/mol. The van der Waals surface area contributed by atoms with E-state index in [4.69, 9.17) is 18.9 Å². The Morgan fingerprint density at radius 1 is 0.824 bits per heavy atom. The van der Waals surface area contributed by atoms with Crippen LogP contribution >= 0.6 is 28.3 Å². The lowest BCUT2D eigenvalue weighted by Gasteiger charge is -2.16. The fourth-order valence-corrected chi connectivity index (χ4v) is 3.97. The third-order valence-electron chi connectivity index (χ3n) is 5.03. The second-order valence-electron chi connectivity index (χ2n) is 7.37. The first-order valence-electron chi connectivity index (χ1n) is 10.8. The van der Waals surface area contributed by atoms with Gasteiger partial charge in [-0.1, -0.05) is 18.2 Å². The molecule has 0 atom stereocenters. The minimum absolute atomic E-state index is 0. The summed E-state index contributed by atoms with van der Waals surface area (Å²) in [5.41, 5.74) is 3.12. The number of halogens is 3. The molecule has 0 saturated carbocycles. The molecule has 5 nitrogen and oxygen atoms in total. The Morgan fingerprint density at radius 3 is 2.18 bits per heavy atom. The highest BCUT2D eigenvalue weighted by Gasteiger charge is 2.13. The lowest BCUT2D eigenvalue weighted by atomic mass is 10.1. The van der Waals surface area contributed by atoms with Gasteiger partial charge in [0.2, 0.25) is 0 Å². The number of methoxy groups -OCH3 is 2. The lowest BCUT2D eigenvalue weighted by Crippen LogP contribution is -2.17. The summed E-state index contributed by atoms with van der Waals surface area (Å²) in [4.78, 5) is 0. The van der Waals surface area contributed by atoms with Crippen LogP contribution in [0.1, 0.15) is 23.6 Å². The summed E-state index contributed by atoms with van der Waals surface area (Å²) in [6.07, 6.45) is 0.860. The predicted molar refractivity (Wildman–Crippen MR) is 138 cm³/mol. The lowest BCUT2D eigenvalue weighted by molar-refractivity contribution is 0.267. The highest BCUT2D eigenvalue weighted by Crippen LogP contribution is 2.37. The molecule has 0 aliphatic carbocycles. The van der Waals surface area contributed by atoms with Gasteiger partial charge in [-0.05, 0) is 88.9 Å². The number of hydrogen-bond acceptors (Lipinski definition) is 5. The van der Waals surface area contributed by atoms with Crippen LogP contribution in [0.5, 0.6) is 23.0 Å². The van der Waals surface area contributed by atoms with Gasteiger partial charge in [0.15, 0.2) is 23.0 Å². The van der Waals surface area contributed by atoms with E-state index >= 15 is 0 Å². The first-order chi connectivity index (χ1) is 16.0. The maximum atomic E-state index is 13.1. The van der Waals surface area contributed by atoms with Gasteiger partial charge in [-0.2, -0.15) is 0 Å². The van der Waals surface area contributed by atoms with Crippen molar-refractivity contribution in [2.24, 2.45) is 0 Å². The molecule has 0 unspecified atom stereocenters. The summed E-state index contributed by atoms with van der Waals surface area (Å²) in [7, 11) is 3.27. The van der Waals surface area contributed by atoms with E-state index in [1.807, 2.05) is 37.3 Å². The third-order valence-corrected chi connectivity index (χ3v) is 5.62. The van der Waals surface area contributed by atoms with Crippen LogP contribution in [0.15, 0.2) is 59.1 Å². The summed E-state index contributed by atoms with van der Waals surface area (Å²) in [6, 6.07) is 16.2. The Morgan fingerprint density at radius 2 is 1.50 bits per heavy atom. The van der Waals surface area contributed by atoms with Gasteiger partial charge < -0.3 is 24.3 Å². The molecule has 0 amide bonds. The molecule has 0 spiro atoms. The van der Waals surface area contributed by atoms with Crippen molar-refractivity contribution in [3.63, 3.8) is 0 Å². The Labute approximate surface area is 215 Å². The van der Waals surface area contributed by atoms with Gasteiger partial charge in [-0.3, -0.25) is 0 Å². The average Bonchev–Trinajstić information content (AvgIpc) is 2.82. The van der Waals surface area contributed by atoms with Crippen LogP contribution in [-0.2, 0) is 19.6 Å². The van der Waals surface area contributed by atoms with Crippen molar-refractivity contribution in [1.82, 2.24) is 5.32 Å². The standard InChI is InChI=1S/C26H29BrFNO4.ClH/c1-4-32-25-15-20(13-22(27)26(25)33-17-19-5-8-21(28)9-6-19)16-29-12-11-18-7-10-23(30-2)24(14-18)31-3;/h5-10,13-15,29H,4,11-12,16-17H2,1-3H3;1H. The van der Waals surface area contributed by atoms with Crippen molar-refractivity contribution in [2.45, 2.75) is 26.5 Å². The predicted octanol–water partition coefficient (Wildman–Crippen LogP) is 6.34. The van der Waals surface area contributed by atoms with Gasteiger partial charge in [0, 0.05) is 6.54 Å². The van der Waals surface area contributed by atoms with E-state index in [0.29, 0.717) is 31.3 Å². The summed E-state index contributed by atoms with van der Waals surface area (Å²) < 4.78 is 36.4. The first-order valence-corrected chi connectivity index (χ1v) is 11.6. The van der Waals surface area contributed by atoms with Crippen LogP contribution in [-0.4, -0.2) is 27.4 Å². The van der Waals surface area contributed by atoms with Crippen LogP contribution in [0.3, 0.4) is 0 Å². The minimum Gasteiger partial charge on any atom is -0.493 e. The van der Waals surface area contributed by atoms with Gasteiger partial charge in [0.1, 0.15) is 12.4 Å². The first kappa shape index (κ1) is 27.8. The topological polar surface area (TPSA) is 49.0 Å². The second kappa shape index (κ2) is 14.0. The van der Waals surface area contributed by atoms with Gasteiger partial charge in [-0.15, -0.1) is 12.4 Å². The molecule has 1 N–H and O–H groups in total. The molecule has 0 aliphatic rings. The summed E-state index contributed by atoms with van der Waals surface area (Å²) in [6.45, 7) is 4.27. The smallest absolute Gasteiger partial charge is 0.175 e. The molecule has 0 aromatic heterocycles. The molecule has 0 radical (unpaired) electrons.